The topological polar surface area (TPSA) is 55.9 Å². The zero-order chi connectivity index (χ0) is 15.6. The molecule has 4 nitrogen and oxygen atoms in total. The Morgan fingerprint density at radius 2 is 2.14 bits per heavy atom. The van der Waals surface area contributed by atoms with Gasteiger partial charge in [-0.2, -0.15) is 5.10 Å². The van der Waals surface area contributed by atoms with E-state index >= 15 is 0 Å². The van der Waals surface area contributed by atoms with Gasteiger partial charge in [-0.15, -0.1) is 0 Å². The van der Waals surface area contributed by atoms with Gasteiger partial charge in [-0.1, -0.05) is 39.1 Å². The lowest BCUT2D eigenvalue weighted by Crippen LogP contribution is -2.30. The maximum absolute atomic E-state index is 6.36. The van der Waals surface area contributed by atoms with Gasteiger partial charge in [0.05, 0.1) is 22.5 Å². The fourth-order valence-electron chi connectivity index (χ4n) is 2.30. The van der Waals surface area contributed by atoms with E-state index in [0.29, 0.717) is 16.5 Å². The molecular formula is C14H17BrCl2N4. The van der Waals surface area contributed by atoms with Crippen molar-refractivity contribution in [3.8, 4) is 0 Å². The van der Waals surface area contributed by atoms with Crippen molar-refractivity contribution < 1.29 is 0 Å². The summed E-state index contributed by atoms with van der Waals surface area (Å²) < 4.78 is 2.85. The van der Waals surface area contributed by atoms with Crippen molar-refractivity contribution in [1.29, 1.82) is 0 Å². The van der Waals surface area contributed by atoms with Crippen LogP contribution >= 0.6 is 39.1 Å². The van der Waals surface area contributed by atoms with Crippen molar-refractivity contribution in [3.63, 3.8) is 0 Å². The molecule has 1 heterocycles. The highest BCUT2D eigenvalue weighted by Crippen LogP contribution is 2.31. The van der Waals surface area contributed by atoms with Crippen molar-refractivity contribution in [3.05, 3.63) is 49.7 Å². The van der Waals surface area contributed by atoms with Gasteiger partial charge in [0, 0.05) is 22.5 Å². The van der Waals surface area contributed by atoms with E-state index in [2.05, 4.69) is 26.5 Å². The Kier molecular flexibility index (Phi) is 5.68. The minimum atomic E-state index is -0.145. The number of nitrogens with two attached hydrogens (primary N) is 1. The molecule has 0 aliphatic heterocycles. The molecule has 2 aromatic rings. The molecule has 21 heavy (non-hydrogen) atoms. The second kappa shape index (κ2) is 7.11. The summed E-state index contributed by atoms with van der Waals surface area (Å²) in [7, 11) is 0. The van der Waals surface area contributed by atoms with Crippen molar-refractivity contribution in [2.75, 3.05) is 0 Å². The standard InChI is InChI=1S/C14H17BrCl2N4/c1-3-21-13(14(17)8(2)20-21)7-12(19-18)10-6-9(15)4-5-11(10)16/h4-6,12,19H,3,7,18H2,1-2H3. The summed E-state index contributed by atoms with van der Waals surface area (Å²) in [5.74, 6) is 5.72. The first-order chi connectivity index (χ1) is 9.97. The van der Waals surface area contributed by atoms with Gasteiger partial charge in [-0.25, -0.2) is 0 Å². The summed E-state index contributed by atoms with van der Waals surface area (Å²) >= 11 is 16.1. The lowest BCUT2D eigenvalue weighted by molar-refractivity contribution is 0.517. The highest BCUT2D eigenvalue weighted by molar-refractivity contribution is 9.10. The van der Waals surface area contributed by atoms with Crippen LogP contribution in [-0.4, -0.2) is 9.78 Å². The summed E-state index contributed by atoms with van der Waals surface area (Å²) in [6, 6.07) is 5.55. The lowest BCUT2D eigenvalue weighted by Gasteiger charge is -2.19. The fourth-order valence-corrected chi connectivity index (χ4v) is 3.14. The van der Waals surface area contributed by atoms with Gasteiger partial charge in [-0.3, -0.25) is 16.0 Å². The van der Waals surface area contributed by atoms with E-state index in [1.165, 1.54) is 0 Å². The SMILES string of the molecule is CCn1nc(C)c(Cl)c1CC(NN)c1cc(Br)ccc1Cl. The molecule has 2 rings (SSSR count). The molecular weight excluding hydrogens is 375 g/mol. The molecule has 1 atom stereocenters. The van der Waals surface area contributed by atoms with Crippen molar-refractivity contribution >= 4 is 39.1 Å². The first kappa shape index (κ1) is 16.8. The minimum Gasteiger partial charge on any atom is -0.271 e. The summed E-state index contributed by atoms with van der Waals surface area (Å²) in [6.07, 6.45) is 0.611. The fraction of sp³-hybridized carbons (Fsp3) is 0.357. The smallest absolute Gasteiger partial charge is 0.0847 e. The van der Waals surface area contributed by atoms with Crippen molar-refractivity contribution in [1.82, 2.24) is 15.2 Å². The highest BCUT2D eigenvalue weighted by Gasteiger charge is 2.20. The summed E-state index contributed by atoms with van der Waals surface area (Å²) in [5, 5.41) is 5.77. The van der Waals surface area contributed by atoms with Crippen LogP contribution in [0.15, 0.2) is 22.7 Å². The first-order valence-electron chi connectivity index (χ1n) is 6.60. The van der Waals surface area contributed by atoms with E-state index in [1.807, 2.05) is 36.7 Å². The number of halogens is 3. The Balaban J connectivity index is 2.38. The number of aromatic nitrogens is 2. The maximum atomic E-state index is 6.36. The molecule has 0 amide bonds. The van der Waals surface area contributed by atoms with Crippen LogP contribution in [0.3, 0.4) is 0 Å². The molecule has 0 fully saturated rings. The predicted molar refractivity (Wildman–Crippen MR) is 90.6 cm³/mol. The van der Waals surface area contributed by atoms with Gasteiger partial charge in [0.1, 0.15) is 0 Å². The van der Waals surface area contributed by atoms with Crippen LogP contribution < -0.4 is 11.3 Å². The molecule has 0 saturated carbocycles. The molecule has 7 heteroatoms. The number of nitrogens with one attached hydrogen (secondary N) is 1. The van der Waals surface area contributed by atoms with Crippen LogP contribution in [0.5, 0.6) is 0 Å². The molecule has 0 saturated heterocycles. The third-order valence-electron chi connectivity index (χ3n) is 3.38. The quantitative estimate of drug-likeness (QED) is 0.597. The minimum absolute atomic E-state index is 0.145. The van der Waals surface area contributed by atoms with E-state index in [9.17, 15) is 0 Å². The number of hydrazine groups is 1. The highest BCUT2D eigenvalue weighted by atomic mass is 79.9. The van der Waals surface area contributed by atoms with Gasteiger partial charge in [0.25, 0.3) is 0 Å². The zero-order valence-corrected chi connectivity index (χ0v) is 14.9. The molecule has 1 unspecified atom stereocenters. The van der Waals surface area contributed by atoms with E-state index in [-0.39, 0.29) is 6.04 Å². The van der Waals surface area contributed by atoms with Crippen LogP contribution in [0.4, 0.5) is 0 Å². The van der Waals surface area contributed by atoms with Crippen LogP contribution in [0, 0.1) is 6.92 Å². The second-order valence-electron chi connectivity index (χ2n) is 4.75. The second-order valence-corrected chi connectivity index (χ2v) is 6.45. The number of benzene rings is 1. The van der Waals surface area contributed by atoms with Crippen LogP contribution in [0.2, 0.25) is 10.0 Å². The van der Waals surface area contributed by atoms with E-state index < -0.39 is 0 Å². The normalized spacial score (nSPS) is 12.7. The molecule has 1 aromatic carbocycles. The van der Waals surface area contributed by atoms with E-state index in [0.717, 1.165) is 28.0 Å². The molecule has 0 spiro atoms. The van der Waals surface area contributed by atoms with Gasteiger partial charge in [-0.05, 0) is 37.6 Å². The molecule has 1 aromatic heterocycles. The number of hydrogen-bond donors (Lipinski definition) is 2. The van der Waals surface area contributed by atoms with Crippen molar-refractivity contribution in [2.24, 2.45) is 5.84 Å². The largest absolute Gasteiger partial charge is 0.271 e. The Bertz CT molecular complexity index is 642. The monoisotopic (exact) mass is 390 g/mol. The maximum Gasteiger partial charge on any atom is 0.0847 e. The van der Waals surface area contributed by atoms with Gasteiger partial charge in [0.2, 0.25) is 0 Å². The first-order valence-corrected chi connectivity index (χ1v) is 8.15. The average Bonchev–Trinajstić information content (AvgIpc) is 2.74. The third-order valence-corrected chi connectivity index (χ3v) is 4.71. The molecule has 0 aliphatic rings. The molecule has 114 valence electrons. The van der Waals surface area contributed by atoms with Crippen LogP contribution in [0.1, 0.15) is 29.9 Å². The lowest BCUT2D eigenvalue weighted by atomic mass is 10.0. The summed E-state index contributed by atoms with van der Waals surface area (Å²) in [4.78, 5) is 0. The third kappa shape index (κ3) is 3.60. The Morgan fingerprint density at radius 3 is 2.76 bits per heavy atom. The molecule has 0 aliphatic carbocycles. The summed E-state index contributed by atoms with van der Waals surface area (Å²) in [6.45, 7) is 4.69. The van der Waals surface area contributed by atoms with E-state index in [1.54, 1.807) is 0 Å². The van der Waals surface area contributed by atoms with Crippen molar-refractivity contribution in [2.45, 2.75) is 32.9 Å². The Labute approximate surface area is 142 Å². The zero-order valence-electron chi connectivity index (χ0n) is 11.8. The number of rotatable bonds is 5. The van der Waals surface area contributed by atoms with Gasteiger partial charge >= 0.3 is 0 Å². The van der Waals surface area contributed by atoms with Crippen LogP contribution in [-0.2, 0) is 13.0 Å². The molecule has 0 radical (unpaired) electrons. The number of hydrogen-bond acceptors (Lipinski definition) is 3. The molecule has 0 bridgehead atoms. The predicted octanol–water partition coefficient (Wildman–Crippen LogP) is 4.03. The summed E-state index contributed by atoms with van der Waals surface area (Å²) in [5.41, 5.74) is 5.52. The molecule has 3 N–H and O–H groups in total. The number of nitrogens with zero attached hydrogens (tertiary/aromatic N) is 2. The Morgan fingerprint density at radius 1 is 1.43 bits per heavy atom. The average molecular weight is 392 g/mol. The van der Waals surface area contributed by atoms with Gasteiger partial charge < -0.3 is 0 Å². The van der Waals surface area contributed by atoms with E-state index in [4.69, 9.17) is 29.0 Å². The van der Waals surface area contributed by atoms with Gasteiger partial charge in [0.15, 0.2) is 0 Å². The number of aryl methyl sites for hydroxylation is 2. The van der Waals surface area contributed by atoms with Crippen LogP contribution in [0.25, 0.3) is 0 Å². The Hall–Kier alpha value is -0.590.